The summed E-state index contributed by atoms with van der Waals surface area (Å²) in [6.45, 7) is 7.28. The monoisotopic (exact) mass is 358 g/mol. The summed E-state index contributed by atoms with van der Waals surface area (Å²) in [5, 5.41) is 0. The maximum Gasteiger partial charge on any atom is 0.509 e. The fraction of sp³-hybridized carbons (Fsp3) is 0.421. The Morgan fingerprint density at radius 2 is 1.23 bits per heavy atom. The van der Waals surface area contributed by atoms with Crippen molar-refractivity contribution < 1.29 is 14.3 Å². The van der Waals surface area contributed by atoms with Gasteiger partial charge >= 0.3 is 6.16 Å². The Labute approximate surface area is 153 Å². The number of aromatic nitrogens is 2. The number of rotatable bonds is 6. The molecule has 7 nitrogen and oxygen atoms in total. The molecule has 0 unspecified atom stereocenters. The van der Waals surface area contributed by atoms with Crippen molar-refractivity contribution in [1.29, 1.82) is 0 Å². The van der Waals surface area contributed by atoms with Crippen molar-refractivity contribution in [3.05, 3.63) is 47.8 Å². The zero-order chi connectivity index (χ0) is 19.4. The molecule has 0 amide bonds. The molecule has 0 aromatic carbocycles. The van der Waals surface area contributed by atoms with E-state index < -0.39 is 17.4 Å². The second kappa shape index (κ2) is 7.59. The Morgan fingerprint density at radius 1 is 0.846 bits per heavy atom. The molecule has 7 heteroatoms. The molecule has 26 heavy (non-hydrogen) atoms. The van der Waals surface area contributed by atoms with E-state index in [0.717, 1.165) is 11.1 Å². The number of ether oxygens (including phenoxy) is 2. The van der Waals surface area contributed by atoms with Crippen LogP contribution in [0.4, 0.5) is 16.4 Å². The van der Waals surface area contributed by atoms with Gasteiger partial charge in [0.05, 0.1) is 0 Å². The van der Waals surface area contributed by atoms with Crippen LogP contribution in [0, 0.1) is 0 Å². The Kier molecular flexibility index (Phi) is 5.69. The molecular weight excluding hydrogens is 332 g/mol. The van der Waals surface area contributed by atoms with Gasteiger partial charge < -0.3 is 20.9 Å². The van der Waals surface area contributed by atoms with Gasteiger partial charge in [0.2, 0.25) is 0 Å². The molecule has 0 aliphatic heterocycles. The van der Waals surface area contributed by atoms with Crippen molar-refractivity contribution in [3.63, 3.8) is 0 Å². The maximum absolute atomic E-state index is 12.2. The third-order valence-electron chi connectivity index (χ3n) is 3.67. The van der Waals surface area contributed by atoms with Crippen molar-refractivity contribution in [1.82, 2.24) is 9.97 Å². The third-order valence-corrected chi connectivity index (χ3v) is 3.67. The predicted molar refractivity (Wildman–Crippen MR) is 100 cm³/mol. The first kappa shape index (κ1) is 19.5. The Balaban J connectivity index is 1.92. The lowest BCUT2D eigenvalue weighted by Crippen LogP contribution is -2.36. The number of nitrogens with zero attached hydrogens (tertiary/aromatic N) is 2. The van der Waals surface area contributed by atoms with Gasteiger partial charge in [-0.3, -0.25) is 0 Å². The summed E-state index contributed by atoms with van der Waals surface area (Å²) < 4.78 is 11.0. The van der Waals surface area contributed by atoms with E-state index in [4.69, 9.17) is 20.9 Å². The lowest BCUT2D eigenvalue weighted by atomic mass is 9.99. The molecule has 2 aromatic heterocycles. The largest absolute Gasteiger partial charge is 0.509 e. The highest BCUT2D eigenvalue weighted by molar-refractivity contribution is 5.61. The van der Waals surface area contributed by atoms with Crippen LogP contribution in [-0.4, -0.2) is 27.3 Å². The van der Waals surface area contributed by atoms with E-state index in [-0.39, 0.29) is 0 Å². The van der Waals surface area contributed by atoms with Crippen molar-refractivity contribution in [3.8, 4) is 0 Å². The lowest BCUT2D eigenvalue weighted by Gasteiger charge is -2.29. The normalized spacial score (nSPS) is 11.8. The number of nitrogen functional groups attached to an aromatic ring is 2. The molecular formula is C19H26N4O3. The molecule has 2 aromatic rings. The minimum atomic E-state index is -0.742. The van der Waals surface area contributed by atoms with Gasteiger partial charge in [-0.1, -0.05) is 12.1 Å². The van der Waals surface area contributed by atoms with Gasteiger partial charge in [0.1, 0.15) is 22.8 Å². The minimum Gasteiger partial charge on any atom is -0.428 e. The molecule has 0 saturated heterocycles. The van der Waals surface area contributed by atoms with Gasteiger partial charge in [-0.25, -0.2) is 14.8 Å². The molecule has 2 heterocycles. The highest BCUT2D eigenvalue weighted by Crippen LogP contribution is 2.22. The van der Waals surface area contributed by atoms with E-state index in [2.05, 4.69) is 9.97 Å². The van der Waals surface area contributed by atoms with Crippen LogP contribution in [0.3, 0.4) is 0 Å². The maximum atomic E-state index is 12.2. The lowest BCUT2D eigenvalue weighted by molar-refractivity contribution is -0.0582. The van der Waals surface area contributed by atoms with E-state index >= 15 is 0 Å². The van der Waals surface area contributed by atoms with Gasteiger partial charge in [-0.15, -0.1) is 0 Å². The quantitative estimate of drug-likeness (QED) is 0.763. The number of nitrogens with two attached hydrogens (primary N) is 2. The van der Waals surface area contributed by atoms with Crippen molar-refractivity contribution >= 4 is 17.8 Å². The van der Waals surface area contributed by atoms with Gasteiger partial charge in [-0.2, -0.15) is 0 Å². The number of anilines is 2. The SMILES string of the molecule is CC(C)(Cc1ccc(N)nc1)OC(=O)OC(C)(C)Cc1ccc(N)nc1. The topological polar surface area (TPSA) is 113 Å². The molecule has 0 aliphatic carbocycles. The zero-order valence-electron chi connectivity index (χ0n) is 15.7. The van der Waals surface area contributed by atoms with Gasteiger partial charge in [0, 0.05) is 25.2 Å². The first-order valence-electron chi connectivity index (χ1n) is 8.37. The molecule has 0 atom stereocenters. The van der Waals surface area contributed by atoms with Crippen molar-refractivity contribution in [2.45, 2.75) is 51.7 Å². The molecule has 0 radical (unpaired) electrons. The highest BCUT2D eigenvalue weighted by atomic mass is 16.7. The summed E-state index contributed by atoms with van der Waals surface area (Å²) >= 11 is 0. The van der Waals surface area contributed by atoms with E-state index in [1.807, 2.05) is 39.8 Å². The molecule has 0 aliphatic rings. The van der Waals surface area contributed by atoms with Gasteiger partial charge in [0.25, 0.3) is 0 Å². The smallest absolute Gasteiger partial charge is 0.428 e. The summed E-state index contributed by atoms with van der Waals surface area (Å²) in [5.41, 5.74) is 11.5. The van der Waals surface area contributed by atoms with E-state index in [0.29, 0.717) is 24.5 Å². The van der Waals surface area contributed by atoms with Crippen LogP contribution in [0.25, 0.3) is 0 Å². The Morgan fingerprint density at radius 3 is 1.54 bits per heavy atom. The fourth-order valence-electron chi connectivity index (χ4n) is 2.61. The molecule has 2 rings (SSSR count). The molecule has 0 fully saturated rings. The molecule has 140 valence electrons. The number of carbonyl (C=O) groups is 1. The third kappa shape index (κ3) is 6.23. The summed E-state index contributed by atoms with van der Waals surface area (Å²) in [6.07, 6.45) is 3.62. The highest BCUT2D eigenvalue weighted by Gasteiger charge is 2.30. The van der Waals surface area contributed by atoms with E-state index in [1.165, 1.54) is 0 Å². The second-order valence-corrected chi connectivity index (χ2v) is 7.51. The average molecular weight is 358 g/mol. The summed E-state index contributed by atoms with van der Waals surface area (Å²) in [6, 6.07) is 7.15. The van der Waals surface area contributed by atoms with E-state index in [1.54, 1.807) is 24.5 Å². The first-order chi connectivity index (χ1) is 12.0. The Hall–Kier alpha value is -2.83. The van der Waals surface area contributed by atoms with Crippen LogP contribution in [0.1, 0.15) is 38.8 Å². The number of hydrogen-bond donors (Lipinski definition) is 2. The first-order valence-corrected chi connectivity index (χ1v) is 8.37. The summed E-state index contributed by atoms with van der Waals surface area (Å²) in [5.74, 6) is 0.900. The van der Waals surface area contributed by atoms with Crippen LogP contribution >= 0.6 is 0 Å². The van der Waals surface area contributed by atoms with Crippen LogP contribution in [-0.2, 0) is 22.3 Å². The summed E-state index contributed by atoms with van der Waals surface area (Å²) in [7, 11) is 0. The fourth-order valence-corrected chi connectivity index (χ4v) is 2.61. The predicted octanol–water partition coefficient (Wildman–Crippen LogP) is 3.14. The van der Waals surface area contributed by atoms with Crippen LogP contribution in [0.2, 0.25) is 0 Å². The average Bonchev–Trinajstić information content (AvgIpc) is 2.50. The number of carbonyl (C=O) groups excluding carboxylic acids is 1. The summed E-state index contributed by atoms with van der Waals surface area (Å²) in [4.78, 5) is 20.3. The van der Waals surface area contributed by atoms with Gasteiger partial charge in [-0.05, 0) is 51.0 Å². The zero-order valence-corrected chi connectivity index (χ0v) is 15.7. The second-order valence-electron chi connectivity index (χ2n) is 7.51. The van der Waals surface area contributed by atoms with Crippen LogP contribution in [0.5, 0.6) is 0 Å². The van der Waals surface area contributed by atoms with E-state index in [9.17, 15) is 4.79 Å². The van der Waals surface area contributed by atoms with Crippen LogP contribution < -0.4 is 11.5 Å². The van der Waals surface area contributed by atoms with Crippen molar-refractivity contribution in [2.75, 3.05) is 11.5 Å². The minimum absolute atomic E-state index is 0.450. The molecule has 0 bridgehead atoms. The molecule has 0 saturated carbocycles. The van der Waals surface area contributed by atoms with Crippen LogP contribution in [0.15, 0.2) is 36.7 Å². The van der Waals surface area contributed by atoms with Crippen molar-refractivity contribution in [2.24, 2.45) is 0 Å². The van der Waals surface area contributed by atoms with Gasteiger partial charge in [0.15, 0.2) is 0 Å². The standard InChI is InChI=1S/C19H26N4O3/c1-18(2,9-13-5-7-15(20)22-11-13)25-17(24)26-19(3,4)10-14-6-8-16(21)23-12-14/h5-8,11-12H,9-10H2,1-4H3,(H2,20,22)(H2,21,23). The number of pyridine rings is 2. The Bertz CT molecular complexity index is 677. The molecule has 0 spiro atoms. The number of hydrogen-bond acceptors (Lipinski definition) is 7. The molecule has 4 N–H and O–H groups in total.